The summed E-state index contributed by atoms with van der Waals surface area (Å²) in [7, 11) is 0. The van der Waals surface area contributed by atoms with Crippen molar-refractivity contribution in [2.75, 3.05) is 0 Å². The molecular formula is C17H24. The smallest absolute Gasteiger partial charge is 0.00214 e. The van der Waals surface area contributed by atoms with Gasteiger partial charge in [0.15, 0.2) is 0 Å². The molecule has 1 aliphatic carbocycles. The molecule has 0 heteroatoms. The van der Waals surface area contributed by atoms with Gasteiger partial charge in [0, 0.05) is 5.41 Å². The van der Waals surface area contributed by atoms with E-state index in [1.54, 1.807) is 0 Å². The third kappa shape index (κ3) is 2.18. The van der Waals surface area contributed by atoms with Gasteiger partial charge in [-0.2, -0.15) is 0 Å². The van der Waals surface area contributed by atoms with E-state index in [1.807, 2.05) is 0 Å². The van der Waals surface area contributed by atoms with E-state index in [1.165, 1.54) is 24.0 Å². The van der Waals surface area contributed by atoms with Crippen LogP contribution in [0, 0.1) is 11.8 Å². The predicted molar refractivity (Wildman–Crippen MR) is 75.1 cm³/mol. The fourth-order valence-corrected chi connectivity index (χ4v) is 3.40. The van der Waals surface area contributed by atoms with Gasteiger partial charge in [0.25, 0.3) is 0 Å². The van der Waals surface area contributed by atoms with E-state index in [0.717, 1.165) is 6.42 Å². The molecule has 0 amide bonds. The zero-order valence-electron chi connectivity index (χ0n) is 11.4. The summed E-state index contributed by atoms with van der Waals surface area (Å²) in [4.78, 5) is 0. The number of allylic oxidation sites excluding steroid dienone is 1. The number of rotatable bonds is 5. The van der Waals surface area contributed by atoms with Crippen LogP contribution in [0.2, 0.25) is 0 Å². The molecular weight excluding hydrogens is 204 g/mol. The van der Waals surface area contributed by atoms with Crippen LogP contribution in [0.5, 0.6) is 0 Å². The Morgan fingerprint density at radius 2 is 1.82 bits per heavy atom. The van der Waals surface area contributed by atoms with Crippen molar-refractivity contribution < 1.29 is 0 Å². The van der Waals surface area contributed by atoms with Gasteiger partial charge in [0.2, 0.25) is 0 Å². The third-order valence-corrected chi connectivity index (χ3v) is 4.29. The summed E-state index contributed by atoms with van der Waals surface area (Å²) in [6.45, 7) is 11.2. The van der Waals surface area contributed by atoms with Crippen LogP contribution in [0.25, 0.3) is 0 Å². The Morgan fingerprint density at radius 3 is 2.24 bits per heavy atom. The molecule has 0 N–H and O–H groups in total. The second-order valence-electron chi connectivity index (χ2n) is 5.76. The molecule has 0 aliphatic heterocycles. The van der Waals surface area contributed by atoms with Crippen LogP contribution >= 0.6 is 0 Å². The largest absolute Gasteiger partial charge is 0.0995 e. The molecule has 1 aromatic carbocycles. The molecule has 0 aromatic heterocycles. The first-order valence-corrected chi connectivity index (χ1v) is 6.85. The molecule has 1 unspecified atom stereocenters. The molecule has 0 saturated heterocycles. The quantitative estimate of drug-likeness (QED) is 0.625. The summed E-state index contributed by atoms with van der Waals surface area (Å²) in [6, 6.07) is 11.0. The van der Waals surface area contributed by atoms with Gasteiger partial charge in [0.1, 0.15) is 0 Å². The second kappa shape index (κ2) is 4.68. The highest BCUT2D eigenvalue weighted by molar-refractivity contribution is 5.35. The highest BCUT2D eigenvalue weighted by atomic mass is 14.5. The Bertz CT molecular complexity index is 382. The minimum absolute atomic E-state index is 0.405. The molecule has 1 aromatic rings. The second-order valence-corrected chi connectivity index (χ2v) is 5.76. The number of hydrogen-bond donors (Lipinski definition) is 0. The van der Waals surface area contributed by atoms with Crippen molar-refractivity contribution in [2.24, 2.45) is 11.8 Å². The van der Waals surface area contributed by atoms with Gasteiger partial charge in [-0.05, 0) is 36.7 Å². The van der Waals surface area contributed by atoms with Gasteiger partial charge in [-0.25, -0.2) is 0 Å². The fourth-order valence-electron chi connectivity index (χ4n) is 3.40. The van der Waals surface area contributed by atoms with Crippen LogP contribution in [0.1, 0.15) is 45.6 Å². The average Bonchev–Trinajstić information content (AvgIpc) is 3.11. The third-order valence-electron chi connectivity index (χ3n) is 4.29. The minimum atomic E-state index is 0.405. The van der Waals surface area contributed by atoms with Crippen molar-refractivity contribution >= 4 is 0 Å². The summed E-state index contributed by atoms with van der Waals surface area (Å²) in [5, 5.41) is 0. The van der Waals surface area contributed by atoms with Gasteiger partial charge in [-0.1, -0.05) is 63.3 Å². The van der Waals surface area contributed by atoms with Crippen LogP contribution < -0.4 is 0 Å². The Morgan fingerprint density at radius 1 is 1.24 bits per heavy atom. The van der Waals surface area contributed by atoms with Crippen LogP contribution in [0.3, 0.4) is 0 Å². The Labute approximate surface area is 106 Å². The van der Waals surface area contributed by atoms with Crippen LogP contribution in [-0.4, -0.2) is 0 Å². The highest BCUT2D eigenvalue weighted by Crippen LogP contribution is 2.58. The molecule has 0 nitrogen and oxygen atoms in total. The lowest BCUT2D eigenvalue weighted by Crippen LogP contribution is -2.26. The maximum Gasteiger partial charge on any atom is 0.00214 e. The van der Waals surface area contributed by atoms with Crippen molar-refractivity contribution in [3.63, 3.8) is 0 Å². The Kier molecular flexibility index (Phi) is 3.42. The van der Waals surface area contributed by atoms with Crippen molar-refractivity contribution in [3.8, 4) is 0 Å². The predicted octanol–water partition coefficient (Wildman–Crippen LogP) is 4.96. The maximum atomic E-state index is 4.33. The monoisotopic (exact) mass is 228 g/mol. The fraction of sp³-hybridized carbons (Fsp3) is 0.529. The number of benzene rings is 1. The Hall–Kier alpha value is -1.04. The molecule has 0 bridgehead atoms. The van der Waals surface area contributed by atoms with Gasteiger partial charge < -0.3 is 0 Å². The van der Waals surface area contributed by atoms with Gasteiger partial charge in [-0.3, -0.25) is 0 Å². The maximum absolute atomic E-state index is 4.33. The van der Waals surface area contributed by atoms with Crippen LogP contribution in [0.15, 0.2) is 42.5 Å². The molecule has 0 radical (unpaired) electrons. The van der Waals surface area contributed by atoms with Crippen LogP contribution in [-0.2, 0) is 5.41 Å². The van der Waals surface area contributed by atoms with E-state index in [4.69, 9.17) is 0 Å². The summed E-state index contributed by atoms with van der Waals surface area (Å²) in [5.41, 5.74) is 3.36. The topological polar surface area (TPSA) is 0 Å². The van der Waals surface area contributed by atoms with Crippen molar-refractivity contribution in [2.45, 2.75) is 45.4 Å². The standard InChI is InChI=1S/C17H24/c1-5-14(4)16(13(2)3)17(11-12-17)15-9-7-6-8-10-15/h6-10,13,16H,4-5,11-12H2,1-3H3. The van der Waals surface area contributed by atoms with Gasteiger partial charge >= 0.3 is 0 Å². The van der Waals surface area contributed by atoms with Crippen molar-refractivity contribution in [3.05, 3.63) is 48.0 Å². The van der Waals surface area contributed by atoms with E-state index < -0.39 is 0 Å². The van der Waals surface area contributed by atoms with Gasteiger partial charge in [0.05, 0.1) is 0 Å². The van der Waals surface area contributed by atoms with Crippen LogP contribution in [0.4, 0.5) is 0 Å². The zero-order valence-corrected chi connectivity index (χ0v) is 11.4. The molecule has 1 atom stereocenters. The lowest BCUT2D eigenvalue weighted by atomic mass is 9.72. The summed E-state index contributed by atoms with van der Waals surface area (Å²) < 4.78 is 0. The summed E-state index contributed by atoms with van der Waals surface area (Å²) in [5.74, 6) is 1.33. The molecule has 0 spiro atoms. The minimum Gasteiger partial charge on any atom is -0.0995 e. The number of hydrogen-bond acceptors (Lipinski definition) is 0. The van der Waals surface area contributed by atoms with E-state index >= 15 is 0 Å². The molecule has 2 rings (SSSR count). The van der Waals surface area contributed by atoms with E-state index in [0.29, 0.717) is 17.3 Å². The molecule has 0 heterocycles. The lowest BCUT2D eigenvalue weighted by Gasteiger charge is -2.32. The van der Waals surface area contributed by atoms with Crippen molar-refractivity contribution in [1.82, 2.24) is 0 Å². The SMILES string of the molecule is C=C(CC)C(C(C)C)C1(c2ccccc2)CC1. The van der Waals surface area contributed by atoms with Crippen molar-refractivity contribution in [1.29, 1.82) is 0 Å². The molecule has 1 saturated carbocycles. The average molecular weight is 228 g/mol. The first-order valence-electron chi connectivity index (χ1n) is 6.85. The first-order chi connectivity index (χ1) is 8.12. The summed E-state index contributed by atoms with van der Waals surface area (Å²) >= 11 is 0. The van der Waals surface area contributed by atoms with E-state index in [2.05, 4.69) is 57.7 Å². The zero-order chi connectivity index (χ0) is 12.5. The molecule has 92 valence electrons. The molecule has 1 fully saturated rings. The van der Waals surface area contributed by atoms with E-state index in [-0.39, 0.29) is 0 Å². The Balaban J connectivity index is 2.34. The lowest BCUT2D eigenvalue weighted by molar-refractivity contribution is 0.345. The molecule has 1 aliphatic rings. The summed E-state index contributed by atoms with van der Waals surface area (Å²) in [6.07, 6.45) is 3.77. The highest BCUT2D eigenvalue weighted by Gasteiger charge is 2.51. The normalized spacial score (nSPS) is 19.1. The first kappa shape index (κ1) is 12.4. The van der Waals surface area contributed by atoms with E-state index in [9.17, 15) is 0 Å². The molecule has 17 heavy (non-hydrogen) atoms. The van der Waals surface area contributed by atoms with Gasteiger partial charge in [-0.15, -0.1) is 0 Å².